The molecule has 5 nitrogen and oxygen atoms in total. The topological polar surface area (TPSA) is 57.7 Å². The number of ketones is 1. The number of nitrogens with zero attached hydrogens (tertiary/aromatic N) is 2. The quantitative estimate of drug-likeness (QED) is 0.676. The van der Waals surface area contributed by atoms with Crippen molar-refractivity contribution in [2.75, 3.05) is 27.2 Å². The van der Waals surface area contributed by atoms with Crippen LogP contribution in [0.25, 0.3) is 0 Å². The number of hydrogen-bond donors (Lipinski definition) is 0. The minimum absolute atomic E-state index is 0.182. The van der Waals surface area contributed by atoms with Crippen LogP contribution in [0.4, 0.5) is 0 Å². The summed E-state index contributed by atoms with van der Waals surface area (Å²) in [6.07, 6.45) is 1.03. The number of rotatable bonds is 3. The molecular formula is C9H16N2O3S. The minimum Gasteiger partial charge on any atom is -0.299 e. The minimum atomic E-state index is -3.33. The van der Waals surface area contributed by atoms with E-state index in [9.17, 15) is 13.2 Å². The van der Waals surface area contributed by atoms with Crippen LogP contribution < -0.4 is 0 Å². The fourth-order valence-electron chi connectivity index (χ4n) is 1.60. The maximum Gasteiger partial charge on any atom is 0.281 e. The van der Waals surface area contributed by atoms with Crippen molar-refractivity contribution in [2.24, 2.45) is 5.92 Å². The average molecular weight is 232 g/mol. The Morgan fingerprint density at radius 2 is 1.80 bits per heavy atom. The molecule has 1 saturated heterocycles. The van der Waals surface area contributed by atoms with Crippen LogP contribution in [-0.4, -0.2) is 50.0 Å². The zero-order chi connectivity index (χ0) is 11.6. The molecule has 2 radical (unpaired) electrons. The van der Waals surface area contributed by atoms with E-state index in [1.54, 1.807) is 0 Å². The summed E-state index contributed by atoms with van der Waals surface area (Å²) in [6.45, 7) is 5.90. The van der Waals surface area contributed by atoms with Gasteiger partial charge in [0.2, 0.25) is 0 Å². The fourth-order valence-corrected chi connectivity index (χ4v) is 2.74. The third-order valence-corrected chi connectivity index (χ3v) is 4.58. The van der Waals surface area contributed by atoms with Crippen molar-refractivity contribution >= 4 is 16.0 Å². The molecule has 1 aliphatic rings. The van der Waals surface area contributed by atoms with Crippen molar-refractivity contribution in [1.82, 2.24) is 8.61 Å². The number of carbonyl (C=O) groups excluding carboxylic acids is 1. The van der Waals surface area contributed by atoms with Gasteiger partial charge in [-0.25, -0.2) is 0 Å². The molecule has 0 aromatic carbocycles. The second-order valence-electron chi connectivity index (χ2n) is 3.87. The molecule has 6 heteroatoms. The lowest BCUT2D eigenvalue weighted by molar-refractivity contribution is -0.119. The largest absolute Gasteiger partial charge is 0.299 e. The first-order valence-corrected chi connectivity index (χ1v) is 6.22. The van der Waals surface area contributed by atoms with Gasteiger partial charge in [0.1, 0.15) is 5.78 Å². The standard InChI is InChI=1S/C9H16N2O3S/c1-8(12)9-4-6-11(7-5-9)15(13,14)10(2)3/h1,9H,4-7H2,2-3H3. The first-order chi connectivity index (χ1) is 6.85. The Morgan fingerprint density at radius 1 is 1.33 bits per heavy atom. The lowest BCUT2D eigenvalue weighted by Gasteiger charge is -2.31. The molecule has 15 heavy (non-hydrogen) atoms. The van der Waals surface area contributed by atoms with Gasteiger partial charge in [0.05, 0.1) is 0 Å². The SMILES string of the molecule is [CH]C(=O)C1CCN(S(=O)(=O)N(C)C)CC1. The molecule has 0 spiro atoms. The highest BCUT2D eigenvalue weighted by molar-refractivity contribution is 7.86. The zero-order valence-electron chi connectivity index (χ0n) is 9.01. The summed E-state index contributed by atoms with van der Waals surface area (Å²) in [5, 5.41) is 0. The summed E-state index contributed by atoms with van der Waals surface area (Å²) in [7, 11) is -0.343. The molecule has 1 aliphatic heterocycles. The van der Waals surface area contributed by atoms with E-state index in [0.717, 1.165) is 0 Å². The molecule has 0 atom stereocenters. The predicted octanol–water partition coefficient (Wildman–Crippen LogP) is -0.215. The van der Waals surface area contributed by atoms with Crippen LogP contribution in [0.2, 0.25) is 0 Å². The summed E-state index contributed by atoms with van der Waals surface area (Å²) < 4.78 is 26.0. The lowest BCUT2D eigenvalue weighted by atomic mass is 9.95. The van der Waals surface area contributed by atoms with Gasteiger partial charge in [0.15, 0.2) is 0 Å². The van der Waals surface area contributed by atoms with Crippen molar-refractivity contribution < 1.29 is 13.2 Å². The number of hydrogen-bond acceptors (Lipinski definition) is 3. The van der Waals surface area contributed by atoms with Crippen molar-refractivity contribution in [1.29, 1.82) is 0 Å². The Hall–Kier alpha value is -0.460. The van der Waals surface area contributed by atoms with Gasteiger partial charge in [-0.05, 0) is 12.8 Å². The second-order valence-corrected chi connectivity index (χ2v) is 6.01. The van der Waals surface area contributed by atoms with E-state index < -0.39 is 10.2 Å². The molecule has 0 aromatic heterocycles. The van der Waals surface area contributed by atoms with Gasteiger partial charge < -0.3 is 0 Å². The maximum absolute atomic E-state index is 11.7. The molecule has 0 aliphatic carbocycles. The van der Waals surface area contributed by atoms with Crippen LogP contribution in [0.15, 0.2) is 0 Å². The molecule has 0 N–H and O–H groups in total. The van der Waals surface area contributed by atoms with Crippen LogP contribution in [0.3, 0.4) is 0 Å². The van der Waals surface area contributed by atoms with Crippen LogP contribution in [0.1, 0.15) is 12.8 Å². The van der Waals surface area contributed by atoms with Crippen molar-refractivity contribution in [3.63, 3.8) is 0 Å². The van der Waals surface area contributed by atoms with Gasteiger partial charge in [-0.15, -0.1) is 0 Å². The van der Waals surface area contributed by atoms with Crippen LogP contribution in [0.5, 0.6) is 0 Å². The highest BCUT2D eigenvalue weighted by Gasteiger charge is 2.30. The third kappa shape index (κ3) is 2.76. The van der Waals surface area contributed by atoms with E-state index in [0.29, 0.717) is 25.9 Å². The first-order valence-electron chi connectivity index (χ1n) is 4.82. The fraction of sp³-hybridized carbons (Fsp3) is 0.778. The summed E-state index contributed by atoms with van der Waals surface area (Å²) >= 11 is 0. The first kappa shape index (κ1) is 12.6. The van der Waals surface area contributed by atoms with Gasteiger partial charge >= 0.3 is 0 Å². The molecule has 1 fully saturated rings. The molecule has 86 valence electrons. The lowest BCUT2D eigenvalue weighted by Crippen LogP contribution is -2.45. The van der Waals surface area contributed by atoms with Crippen molar-refractivity contribution in [2.45, 2.75) is 12.8 Å². The van der Waals surface area contributed by atoms with Gasteiger partial charge in [0.25, 0.3) is 10.2 Å². The highest BCUT2D eigenvalue weighted by atomic mass is 32.2. The normalized spacial score (nSPS) is 20.8. The maximum atomic E-state index is 11.7. The molecule has 0 unspecified atom stereocenters. The van der Waals surface area contributed by atoms with Crippen LogP contribution in [-0.2, 0) is 15.0 Å². The molecule has 0 aromatic rings. The van der Waals surface area contributed by atoms with E-state index in [1.807, 2.05) is 0 Å². The number of piperidine rings is 1. The third-order valence-electron chi connectivity index (χ3n) is 2.64. The Morgan fingerprint density at radius 3 is 2.13 bits per heavy atom. The summed E-state index contributed by atoms with van der Waals surface area (Å²) in [4.78, 5) is 10.9. The monoisotopic (exact) mass is 232 g/mol. The van der Waals surface area contributed by atoms with Crippen molar-refractivity contribution in [3.05, 3.63) is 6.92 Å². The number of Topliss-reactive ketones (excluding diaryl/α,β-unsaturated/α-hetero) is 1. The Bertz CT molecular complexity index is 329. The Kier molecular flexibility index (Phi) is 3.86. The van der Waals surface area contributed by atoms with E-state index in [4.69, 9.17) is 6.92 Å². The average Bonchev–Trinajstić information content (AvgIpc) is 2.17. The molecule has 1 rings (SSSR count). The molecule has 0 amide bonds. The number of carbonyl (C=O) groups is 1. The Balaban J connectivity index is 2.62. The van der Waals surface area contributed by atoms with Crippen molar-refractivity contribution in [3.8, 4) is 0 Å². The van der Waals surface area contributed by atoms with E-state index >= 15 is 0 Å². The molecule has 0 saturated carbocycles. The molecule has 0 bridgehead atoms. The van der Waals surface area contributed by atoms with Gasteiger partial charge in [0, 0.05) is 40.0 Å². The van der Waals surface area contributed by atoms with Gasteiger partial charge in [-0.3, -0.25) is 4.79 Å². The summed E-state index contributed by atoms with van der Waals surface area (Å²) in [5.74, 6) is -0.518. The molecule has 1 heterocycles. The summed E-state index contributed by atoms with van der Waals surface area (Å²) in [5.41, 5.74) is 0. The van der Waals surface area contributed by atoms with Gasteiger partial charge in [-0.2, -0.15) is 17.0 Å². The highest BCUT2D eigenvalue weighted by Crippen LogP contribution is 2.20. The predicted molar refractivity (Wildman–Crippen MR) is 56.2 cm³/mol. The summed E-state index contributed by atoms with van der Waals surface area (Å²) in [6, 6.07) is 0. The zero-order valence-corrected chi connectivity index (χ0v) is 9.83. The van der Waals surface area contributed by atoms with E-state index in [1.165, 1.54) is 22.7 Å². The Labute approximate surface area is 91.2 Å². The van der Waals surface area contributed by atoms with Crippen LogP contribution in [0, 0.1) is 12.8 Å². The van der Waals surface area contributed by atoms with E-state index in [2.05, 4.69) is 0 Å². The molecular weight excluding hydrogens is 216 g/mol. The van der Waals surface area contributed by atoms with Crippen LogP contribution >= 0.6 is 0 Å². The van der Waals surface area contributed by atoms with E-state index in [-0.39, 0.29) is 11.7 Å². The smallest absolute Gasteiger partial charge is 0.281 e. The van der Waals surface area contributed by atoms with Gasteiger partial charge in [-0.1, -0.05) is 0 Å². The second kappa shape index (κ2) is 4.59.